The van der Waals surface area contributed by atoms with Gasteiger partial charge < -0.3 is 15.7 Å². The third-order valence-electron chi connectivity index (χ3n) is 2.33. The van der Waals surface area contributed by atoms with Crippen LogP contribution in [0.25, 0.3) is 0 Å². The monoisotopic (exact) mass is 286 g/mol. The second kappa shape index (κ2) is 5.92. The number of carboxylic acid groups (broad SMARTS) is 1. The van der Waals surface area contributed by atoms with E-state index in [-0.39, 0.29) is 0 Å². The number of carbonyl (C=O) groups is 2. The number of halogens is 1. The van der Waals surface area contributed by atoms with Crippen molar-refractivity contribution in [3.8, 4) is 0 Å². The molecule has 0 bridgehead atoms. The van der Waals surface area contributed by atoms with Gasteiger partial charge in [0.25, 0.3) is 0 Å². The van der Waals surface area contributed by atoms with Gasteiger partial charge in [-0.2, -0.15) is 12.6 Å². The van der Waals surface area contributed by atoms with Gasteiger partial charge in [-0.3, -0.25) is 0 Å². The zero-order chi connectivity index (χ0) is 14.6. The average Bonchev–Trinajstić information content (AvgIpc) is 2.27. The molecule has 7 heteroatoms. The fourth-order valence-electron chi connectivity index (χ4n) is 1.37. The summed E-state index contributed by atoms with van der Waals surface area (Å²) in [5.41, 5.74) is 0.361. The van der Waals surface area contributed by atoms with Crippen LogP contribution in [0.2, 0.25) is 0 Å². The molecule has 0 aliphatic heterocycles. The van der Waals surface area contributed by atoms with Crippen molar-refractivity contribution < 1.29 is 19.1 Å². The Morgan fingerprint density at radius 2 is 1.84 bits per heavy atom. The summed E-state index contributed by atoms with van der Waals surface area (Å²) < 4.78 is 11.8. The van der Waals surface area contributed by atoms with Crippen molar-refractivity contribution in [3.63, 3.8) is 0 Å². The maximum atomic E-state index is 12.7. The quantitative estimate of drug-likeness (QED) is 0.640. The normalized spacial score (nSPS) is 12.6. The molecule has 1 unspecified atom stereocenters. The summed E-state index contributed by atoms with van der Waals surface area (Å²) in [5.74, 6) is -1.61. The number of hydrogen-bond acceptors (Lipinski definition) is 3. The molecule has 1 atom stereocenters. The van der Waals surface area contributed by atoms with Crippen molar-refractivity contribution in [1.82, 2.24) is 5.32 Å². The molecule has 0 fully saturated rings. The standard InChI is InChI=1S/C12H15FN2O3S/c1-12(2,19)9(10(16)17)15-11(18)14-8-5-3-7(13)4-6-8/h3-6,9,19H,1-2H3,(H,16,17)(H2,14,15,18). The van der Waals surface area contributed by atoms with Crippen molar-refractivity contribution in [1.29, 1.82) is 0 Å². The highest BCUT2D eigenvalue weighted by Gasteiger charge is 2.33. The third kappa shape index (κ3) is 4.78. The summed E-state index contributed by atoms with van der Waals surface area (Å²) in [6.45, 7) is 3.15. The lowest BCUT2D eigenvalue weighted by atomic mass is 10.0. The first-order valence-electron chi connectivity index (χ1n) is 5.48. The molecule has 1 rings (SSSR count). The molecule has 0 aliphatic carbocycles. The number of nitrogens with one attached hydrogen (secondary N) is 2. The van der Waals surface area contributed by atoms with Crippen molar-refractivity contribution in [2.75, 3.05) is 5.32 Å². The molecule has 0 saturated heterocycles. The van der Waals surface area contributed by atoms with Crippen LogP contribution in [0.5, 0.6) is 0 Å². The number of amides is 2. The summed E-state index contributed by atoms with van der Waals surface area (Å²) in [4.78, 5) is 22.7. The molecule has 104 valence electrons. The lowest BCUT2D eigenvalue weighted by Crippen LogP contribution is -2.52. The number of aliphatic carboxylic acids is 1. The van der Waals surface area contributed by atoms with Crippen LogP contribution in [-0.4, -0.2) is 27.9 Å². The van der Waals surface area contributed by atoms with Crippen molar-refractivity contribution in [2.45, 2.75) is 24.6 Å². The van der Waals surface area contributed by atoms with E-state index in [1.165, 1.54) is 24.3 Å². The van der Waals surface area contributed by atoms with Gasteiger partial charge in [0.2, 0.25) is 0 Å². The Morgan fingerprint density at radius 1 is 1.32 bits per heavy atom. The van der Waals surface area contributed by atoms with Crippen LogP contribution < -0.4 is 10.6 Å². The molecule has 3 N–H and O–H groups in total. The summed E-state index contributed by atoms with van der Waals surface area (Å²) in [7, 11) is 0. The highest BCUT2D eigenvalue weighted by atomic mass is 32.1. The van der Waals surface area contributed by atoms with Crippen LogP contribution in [0.4, 0.5) is 14.9 Å². The molecular weight excluding hydrogens is 271 g/mol. The van der Waals surface area contributed by atoms with Crippen LogP contribution in [0.3, 0.4) is 0 Å². The van der Waals surface area contributed by atoms with Crippen LogP contribution in [0.15, 0.2) is 24.3 Å². The van der Waals surface area contributed by atoms with E-state index < -0.39 is 28.6 Å². The minimum Gasteiger partial charge on any atom is -0.480 e. The first kappa shape index (κ1) is 15.3. The van der Waals surface area contributed by atoms with Gasteiger partial charge in [-0.05, 0) is 38.1 Å². The predicted octanol–water partition coefficient (Wildman–Crippen LogP) is 2.11. The van der Waals surface area contributed by atoms with Gasteiger partial charge in [-0.15, -0.1) is 0 Å². The zero-order valence-electron chi connectivity index (χ0n) is 10.5. The fourth-order valence-corrected chi connectivity index (χ4v) is 1.55. The van der Waals surface area contributed by atoms with Crippen LogP contribution in [0.1, 0.15) is 13.8 Å². The topological polar surface area (TPSA) is 78.4 Å². The molecular formula is C12H15FN2O3S. The molecule has 0 saturated carbocycles. The van der Waals surface area contributed by atoms with E-state index in [1.807, 2.05) is 0 Å². The van der Waals surface area contributed by atoms with Gasteiger partial charge in [0, 0.05) is 10.4 Å². The van der Waals surface area contributed by atoms with E-state index in [0.29, 0.717) is 5.69 Å². The van der Waals surface area contributed by atoms with Gasteiger partial charge in [-0.25, -0.2) is 14.0 Å². The first-order valence-corrected chi connectivity index (χ1v) is 5.93. The van der Waals surface area contributed by atoms with E-state index in [0.717, 1.165) is 0 Å². The molecule has 0 radical (unpaired) electrons. The van der Waals surface area contributed by atoms with Crippen molar-refractivity contribution in [3.05, 3.63) is 30.1 Å². The number of thiol groups is 1. The first-order chi connectivity index (χ1) is 8.70. The summed E-state index contributed by atoms with van der Waals surface area (Å²) in [5, 5.41) is 13.7. The number of benzene rings is 1. The molecule has 1 aromatic rings. The zero-order valence-corrected chi connectivity index (χ0v) is 11.4. The lowest BCUT2D eigenvalue weighted by Gasteiger charge is -2.26. The fraction of sp³-hybridized carbons (Fsp3) is 0.333. The summed E-state index contributed by atoms with van der Waals surface area (Å²) >= 11 is 4.13. The number of urea groups is 1. The van der Waals surface area contributed by atoms with Crippen LogP contribution in [0, 0.1) is 5.82 Å². The van der Waals surface area contributed by atoms with Crippen LogP contribution in [-0.2, 0) is 4.79 Å². The Balaban J connectivity index is 2.68. The Bertz CT molecular complexity index is 471. The smallest absolute Gasteiger partial charge is 0.327 e. The number of hydrogen-bond donors (Lipinski definition) is 4. The average molecular weight is 286 g/mol. The predicted molar refractivity (Wildman–Crippen MR) is 73.0 cm³/mol. The van der Waals surface area contributed by atoms with E-state index >= 15 is 0 Å². The van der Waals surface area contributed by atoms with Crippen molar-refractivity contribution >= 4 is 30.3 Å². The summed E-state index contributed by atoms with van der Waals surface area (Å²) in [6, 6.07) is 3.27. The minimum absolute atomic E-state index is 0.361. The van der Waals surface area contributed by atoms with Gasteiger partial charge in [0.05, 0.1) is 0 Å². The SMILES string of the molecule is CC(C)(S)C(NC(=O)Nc1ccc(F)cc1)C(=O)O. The Hall–Kier alpha value is -1.76. The second-order valence-corrected chi connectivity index (χ2v) is 5.68. The molecule has 1 aromatic carbocycles. The number of anilines is 1. The number of carboxylic acids is 1. The molecule has 19 heavy (non-hydrogen) atoms. The minimum atomic E-state index is -1.19. The summed E-state index contributed by atoms with van der Waals surface area (Å²) in [6.07, 6.45) is 0. The highest BCUT2D eigenvalue weighted by Crippen LogP contribution is 2.18. The Morgan fingerprint density at radius 3 is 2.26 bits per heavy atom. The van der Waals surface area contributed by atoms with Gasteiger partial charge in [0.15, 0.2) is 0 Å². The van der Waals surface area contributed by atoms with Crippen molar-refractivity contribution in [2.24, 2.45) is 0 Å². The molecule has 0 spiro atoms. The maximum Gasteiger partial charge on any atom is 0.327 e. The van der Waals surface area contributed by atoms with E-state index in [4.69, 9.17) is 5.11 Å². The van der Waals surface area contributed by atoms with E-state index in [1.54, 1.807) is 13.8 Å². The Kier molecular flexibility index (Phi) is 4.77. The molecule has 0 heterocycles. The molecule has 0 aromatic heterocycles. The van der Waals surface area contributed by atoms with Crippen LogP contribution >= 0.6 is 12.6 Å². The molecule has 5 nitrogen and oxygen atoms in total. The molecule has 0 aliphatic rings. The number of carbonyl (C=O) groups excluding carboxylic acids is 1. The number of rotatable bonds is 4. The van der Waals surface area contributed by atoms with Gasteiger partial charge >= 0.3 is 12.0 Å². The Labute approximate surface area is 115 Å². The molecule has 2 amide bonds. The van der Waals surface area contributed by atoms with Gasteiger partial charge in [0.1, 0.15) is 11.9 Å². The van der Waals surface area contributed by atoms with E-state index in [2.05, 4.69) is 23.3 Å². The third-order valence-corrected chi connectivity index (χ3v) is 2.59. The van der Waals surface area contributed by atoms with E-state index in [9.17, 15) is 14.0 Å². The highest BCUT2D eigenvalue weighted by molar-refractivity contribution is 7.81. The maximum absolute atomic E-state index is 12.7. The van der Waals surface area contributed by atoms with Gasteiger partial charge in [-0.1, -0.05) is 0 Å². The largest absolute Gasteiger partial charge is 0.480 e. The lowest BCUT2D eigenvalue weighted by molar-refractivity contribution is -0.139. The second-order valence-electron chi connectivity index (χ2n) is 4.53.